The molecule has 0 saturated heterocycles. The summed E-state index contributed by atoms with van der Waals surface area (Å²) in [5, 5.41) is 4.20. The molecule has 198 valence electrons. The predicted molar refractivity (Wildman–Crippen MR) is 150 cm³/mol. The Morgan fingerprint density at radius 1 is 0.949 bits per heavy atom. The van der Waals surface area contributed by atoms with Crippen molar-refractivity contribution in [3.05, 3.63) is 101 Å². The van der Waals surface area contributed by atoms with E-state index in [1.54, 1.807) is 0 Å². The number of hydrogen-bond acceptors (Lipinski definition) is 5. The summed E-state index contributed by atoms with van der Waals surface area (Å²) in [5.74, 6) is 1.07. The van der Waals surface area contributed by atoms with Crippen LogP contribution in [0.2, 0.25) is 0 Å². The number of esters is 1. The van der Waals surface area contributed by atoms with Crippen LogP contribution in [-0.2, 0) is 32.6 Å². The minimum atomic E-state index is -0.461. The summed E-state index contributed by atoms with van der Waals surface area (Å²) in [4.78, 5) is 25.6. The Balaban J connectivity index is 1.16. The van der Waals surface area contributed by atoms with Crippen LogP contribution in [-0.4, -0.2) is 23.5 Å². The molecule has 1 aromatic heterocycles. The maximum absolute atomic E-state index is 13.1. The van der Waals surface area contributed by atoms with E-state index in [9.17, 15) is 9.59 Å². The SMILES string of the molecule is CCOC(=O)C1(c2ccc(-c3ccc(-c4onc(C)c4CC(=O)C[C@H]4CCc5ccccc54)cc3)cc2)CC1. The number of ether oxygens (including phenoxy) is 1. The van der Waals surface area contributed by atoms with Gasteiger partial charge in [0.15, 0.2) is 5.76 Å². The molecule has 2 aliphatic rings. The molecule has 39 heavy (non-hydrogen) atoms. The van der Waals surface area contributed by atoms with Crippen molar-refractivity contribution < 1.29 is 18.8 Å². The summed E-state index contributed by atoms with van der Waals surface area (Å²) in [6.07, 6.45) is 4.65. The van der Waals surface area contributed by atoms with E-state index in [2.05, 4.69) is 53.7 Å². The number of rotatable bonds is 9. The zero-order chi connectivity index (χ0) is 27.0. The highest BCUT2D eigenvalue weighted by Gasteiger charge is 2.52. The van der Waals surface area contributed by atoms with Gasteiger partial charge in [-0.1, -0.05) is 78.0 Å². The second-order valence-corrected chi connectivity index (χ2v) is 10.9. The highest BCUT2D eigenvalue weighted by Crippen LogP contribution is 2.49. The summed E-state index contributed by atoms with van der Waals surface area (Å²) in [6, 6.07) is 24.8. The highest BCUT2D eigenvalue weighted by atomic mass is 16.5. The van der Waals surface area contributed by atoms with Crippen molar-refractivity contribution in [2.24, 2.45) is 0 Å². The lowest BCUT2D eigenvalue weighted by molar-refractivity contribution is -0.146. The van der Waals surface area contributed by atoms with Gasteiger partial charge in [0.25, 0.3) is 0 Å². The summed E-state index contributed by atoms with van der Waals surface area (Å²) in [5.41, 5.74) is 7.95. The molecular weight excluding hydrogens is 486 g/mol. The predicted octanol–water partition coefficient (Wildman–Crippen LogP) is 7.14. The molecule has 0 aliphatic heterocycles. The number of carbonyl (C=O) groups excluding carboxylic acids is 2. The smallest absolute Gasteiger partial charge is 0.316 e. The Hall–Kier alpha value is -3.99. The molecule has 0 spiro atoms. The summed E-state index contributed by atoms with van der Waals surface area (Å²) < 4.78 is 11.0. The van der Waals surface area contributed by atoms with Gasteiger partial charge >= 0.3 is 5.97 Å². The van der Waals surface area contributed by atoms with Crippen LogP contribution in [0.5, 0.6) is 0 Å². The van der Waals surface area contributed by atoms with Crippen LogP contribution in [0.1, 0.15) is 66.5 Å². The van der Waals surface area contributed by atoms with Gasteiger partial charge in [-0.3, -0.25) is 9.59 Å². The molecule has 1 heterocycles. The average molecular weight is 520 g/mol. The molecule has 1 atom stereocenters. The normalized spacial score (nSPS) is 17.0. The number of hydrogen-bond donors (Lipinski definition) is 0. The molecule has 1 saturated carbocycles. The van der Waals surface area contributed by atoms with Crippen molar-refractivity contribution in [3.63, 3.8) is 0 Å². The first-order valence-electron chi connectivity index (χ1n) is 13.9. The molecule has 4 aromatic rings. The first-order chi connectivity index (χ1) is 19.0. The van der Waals surface area contributed by atoms with Gasteiger partial charge < -0.3 is 9.26 Å². The fraction of sp³-hybridized carbons (Fsp3) is 0.324. The van der Waals surface area contributed by atoms with Crippen LogP contribution >= 0.6 is 0 Å². The summed E-state index contributed by atoms with van der Waals surface area (Å²) in [6.45, 7) is 4.15. The number of nitrogens with zero attached hydrogens (tertiary/aromatic N) is 1. The Morgan fingerprint density at radius 2 is 1.62 bits per heavy atom. The molecule has 0 radical (unpaired) electrons. The van der Waals surface area contributed by atoms with Crippen LogP contribution in [0.25, 0.3) is 22.5 Å². The maximum atomic E-state index is 13.1. The number of fused-ring (bicyclic) bond motifs is 1. The van der Waals surface area contributed by atoms with Crippen LogP contribution in [0.4, 0.5) is 0 Å². The number of Topliss-reactive ketones (excluding diaryl/α,β-unsaturated/α-hetero) is 1. The lowest BCUT2D eigenvalue weighted by Crippen LogP contribution is -2.23. The third kappa shape index (κ3) is 4.82. The van der Waals surface area contributed by atoms with Crippen molar-refractivity contribution in [2.75, 3.05) is 6.61 Å². The van der Waals surface area contributed by atoms with E-state index in [0.717, 1.165) is 59.2 Å². The van der Waals surface area contributed by atoms with E-state index in [-0.39, 0.29) is 11.8 Å². The van der Waals surface area contributed by atoms with Crippen LogP contribution < -0.4 is 0 Å². The third-order valence-electron chi connectivity index (χ3n) is 8.42. The quantitative estimate of drug-likeness (QED) is 0.220. The topological polar surface area (TPSA) is 69.4 Å². The van der Waals surface area contributed by atoms with Crippen molar-refractivity contribution in [1.29, 1.82) is 0 Å². The molecular formula is C34H33NO4. The van der Waals surface area contributed by atoms with Gasteiger partial charge in [-0.05, 0) is 73.3 Å². The lowest BCUT2D eigenvalue weighted by Gasteiger charge is -2.14. The van der Waals surface area contributed by atoms with E-state index in [1.165, 1.54) is 11.1 Å². The monoisotopic (exact) mass is 519 g/mol. The highest BCUT2D eigenvalue weighted by molar-refractivity contribution is 5.87. The Kier molecular flexibility index (Phi) is 6.68. The molecule has 6 rings (SSSR count). The molecule has 3 aromatic carbocycles. The van der Waals surface area contributed by atoms with E-state index < -0.39 is 5.41 Å². The van der Waals surface area contributed by atoms with Gasteiger partial charge in [-0.25, -0.2) is 0 Å². The van der Waals surface area contributed by atoms with Gasteiger partial charge in [-0.15, -0.1) is 0 Å². The fourth-order valence-electron chi connectivity index (χ4n) is 6.03. The summed E-state index contributed by atoms with van der Waals surface area (Å²) >= 11 is 0. The second kappa shape index (κ2) is 10.3. The molecule has 2 aliphatic carbocycles. The van der Waals surface area contributed by atoms with Crippen molar-refractivity contribution in [3.8, 4) is 22.5 Å². The standard InChI is InChI=1S/C34H33NO4/c1-3-38-33(37)34(18-19-34)28-16-14-24(15-17-28)23-8-11-26(12-9-23)32-31(22(2)35-39-32)21-29(36)20-27-13-10-25-6-4-5-7-30(25)27/h4-9,11-12,14-17,27H,3,10,13,18-21H2,1-2H3/t27-/m1/s1. The second-order valence-electron chi connectivity index (χ2n) is 10.9. The number of aryl methyl sites for hydroxylation is 2. The number of aromatic nitrogens is 1. The van der Waals surface area contributed by atoms with Crippen LogP contribution in [0.3, 0.4) is 0 Å². The molecule has 5 heteroatoms. The largest absolute Gasteiger partial charge is 0.465 e. The van der Waals surface area contributed by atoms with Crippen molar-refractivity contribution >= 4 is 11.8 Å². The number of benzene rings is 3. The van der Waals surface area contributed by atoms with Crippen LogP contribution in [0.15, 0.2) is 77.3 Å². The van der Waals surface area contributed by atoms with Crippen LogP contribution in [0, 0.1) is 6.92 Å². The van der Waals surface area contributed by atoms with E-state index >= 15 is 0 Å². The van der Waals surface area contributed by atoms with Crippen molar-refractivity contribution in [1.82, 2.24) is 5.16 Å². The molecule has 1 fully saturated rings. The number of ketones is 1. The lowest BCUT2D eigenvalue weighted by atomic mass is 9.92. The van der Waals surface area contributed by atoms with Gasteiger partial charge in [-0.2, -0.15) is 0 Å². The van der Waals surface area contributed by atoms with Crippen molar-refractivity contribution in [2.45, 2.75) is 63.7 Å². The van der Waals surface area contributed by atoms with Gasteiger partial charge in [0.2, 0.25) is 0 Å². The first-order valence-corrected chi connectivity index (χ1v) is 13.9. The number of carbonyl (C=O) groups is 2. The summed E-state index contributed by atoms with van der Waals surface area (Å²) in [7, 11) is 0. The van der Waals surface area contributed by atoms with E-state index in [0.29, 0.717) is 31.1 Å². The molecule has 5 nitrogen and oxygen atoms in total. The fourth-order valence-corrected chi connectivity index (χ4v) is 6.03. The minimum Gasteiger partial charge on any atom is -0.465 e. The average Bonchev–Trinajstić information content (AvgIpc) is 3.57. The minimum absolute atomic E-state index is 0.119. The zero-order valence-electron chi connectivity index (χ0n) is 22.5. The Morgan fingerprint density at radius 3 is 2.31 bits per heavy atom. The third-order valence-corrected chi connectivity index (χ3v) is 8.42. The first kappa shape index (κ1) is 25.3. The Labute approximate surface area is 229 Å². The van der Waals surface area contributed by atoms with E-state index in [1.807, 2.05) is 38.1 Å². The molecule has 0 N–H and O–H groups in total. The van der Waals surface area contributed by atoms with Gasteiger partial charge in [0.1, 0.15) is 5.78 Å². The molecule has 0 bridgehead atoms. The van der Waals surface area contributed by atoms with Gasteiger partial charge in [0, 0.05) is 24.0 Å². The molecule has 0 amide bonds. The van der Waals surface area contributed by atoms with E-state index in [4.69, 9.17) is 9.26 Å². The Bertz CT molecular complexity index is 1510. The zero-order valence-corrected chi connectivity index (χ0v) is 22.5. The van der Waals surface area contributed by atoms with Gasteiger partial charge in [0.05, 0.1) is 17.7 Å². The maximum Gasteiger partial charge on any atom is 0.316 e. The molecule has 0 unspecified atom stereocenters.